The van der Waals surface area contributed by atoms with Crippen LogP contribution in [0, 0.1) is 6.92 Å². The van der Waals surface area contributed by atoms with Crippen LogP contribution in [-0.2, 0) is 17.6 Å². The zero-order valence-corrected chi connectivity index (χ0v) is 21.0. The summed E-state index contributed by atoms with van der Waals surface area (Å²) in [4.78, 5) is 23.0. The number of ether oxygens (including phenoxy) is 5. The van der Waals surface area contributed by atoms with Crippen molar-refractivity contribution in [3.8, 4) is 28.7 Å². The first-order valence-electron chi connectivity index (χ1n) is 11.0. The number of thioether (sulfide) groups is 1. The summed E-state index contributed by atoms with van der Waals surface area (Å²) in [5.41, 5.74) is 2.97. The van der Waals surface area contributed by atoms with Crippen molar-refractivity contribution in [3.05, 3.63) is 41.0 Å². The molecular formula is C25H32NNaO7S. The summed E-state index contributed by atoms with van der Waals surface area (Å²) in [6, 6.07) is 7.63. The van der Waals surface area contributed by atoms with Crippen LogP contribution in [-0.4, -0.2) is 81.0 Å². The van der Waals surface area contributed by atoms with Crippen molar-refractivity contribution >= 4 is 52.5 Å². The molecule has 1 fully saturated rings. The molecule has 1 unspecified atom stereocenters. The summed E-state index contributed by atoms with van der Waals surface area (Å²) in [5, 5.41) is 1.66. The normalized spacial score (nSPS) is 14.7. The molecule has 0 aromatic heterocycles. The quantitative estimate of drug-likeness (QED) is 0.340. The molecule has 0 aliphatic carbocycles. The number of methoxy groups -OCH3 is 4. The summed E-state index contributed by atoms with van der Waals surface area (Å²) in [5.74, 6) is 2.89. The molecule has 1 N–H and O–H groups in total. The predicted molar refractivity (Wildman–Crippen MR) is 138 cm³/mol. The number of imide groups is 1. The molecule has 1 heterocycles. The number of hydrogen-bond donors (Lipinski definition) is 1. The van der Waals surface area contributed by atoms with Crippen LogP contribution in [0.15, 0.2) is 24.3 Å². The molecule has 2 aromatic rings. The minimum absolute atomic E-state index is 0. The van der Waals surface area contributed by atoms with Crippen LogP contribution in [0.3, 0.4) is 0 Å². The molecule has 1 atom stereocenters. The Labute approximate surface area is 232 Å². The zero-order chi connectivity index (χ0) is 24.7. The fourth-order valence-corrected chi connectivity index (χ4v) is 4.87. The fourth-order valence-electron chi connectivity index (χ4n) is 4.01. The van der Waals surface area contributed by atoms with Gasteiger partial charge in [-0.25, -0.2) is 0 Å². The third-order valence-corrected chi connectivity index (χ3v) is 6.69. The first kappa shape index (κ1) is 29.2. The summed E-state index contributed by atoms with van der Waals surface area (Å²) < 4.78 is 28.2. The van der Waals surface area contributed by atoms with E-state index >= 15 is 0 Å². The number of carbonyl (C=O) groups excluding carboxylic acids is 2. The van der Waals surface area contributed by atoms with Gasteiger partial charge in [-0.1, -0.05) is 23.9 Å². The molecule has 2 amide bonds. The Bertz CT molecular complexity index is 1030. The van der Waals surface area contributed by atoms with E-state index in [9.17, 15) is 9.59 Å². The maximum absolute atomic E-state index is 11.7. The Morgan fingerprint density at radius 1 is 0.857 bits per heavy atom. The molecule has 0 spiro atoms. The van der Waals surface area contributed by atoms with Gasteiger partial charge in [0.05, 0.1) is 40.3 Å². The van der Waals surface area contributed by atoms with Crippen molar-refractivity contribution in [1.29, 1.82) is 0 Å². The molecule has 2 aromatic carbocycles. The fraction of sp³-hybridized carbons (Fsp3) is 0.440. The number of carbonyl (C=O) groups is 2. The zero-order valence-electron chi connectivity index (χ0n) is 20.2. The summed E-state index contributed by atoms with van der Waals surface area (Å²) in [7, 11) is 6.39. The number of amides is 2. The van der Waals surface area contributed by atoms with E-state index in [4.69, 9.17) is 23.7 Å². The molecular weight excluding hydrogens is 481 g/mol. The van der Waals surface area contributed by atoms with E-state index in [1.54, 1.807) is 28.4 Å². The monoisotopic (exact) mass is 513 g/mol. The number of benzene rings is 2. The minimum atomic E-state index is -0.366. The van der Waals surface area contributed by atoms with E-state index in [-0.39, 0.29) is 46.0 Å². The third kappa shape index (κ3) is 7.00. The Kier molecular flexibility index (Phi) is 11.6. The predicted octanol–water partition coefficient (Wildman–Crippen LogP) is 3.68. The van der Waals surface area contributed by atoms with E-state index < -0.39 is 0 Å². The number of hydrogen-bond acceptors (Lipinski definition) is 8. The van der Waals surface area contributed by atoms with Gasteiger partial charge in [0.1, 0.15) is 5.75 Å². The first-order chi connectivity index (χ1) is 16.4. The summed E-state index contributed by atoms with van der Waals surface area (Å²) in [6.45, 7) is 2.56. The second-order valence-electron chi connectivity index (χ2n) is 7.77. The van der Waals surface area contributed by atoms with E-state index in [0.717, 1.165) is 53.5 Å². The average Bonchev–Trinajstić information content (AvgIpc) is 3.15. The van der Waals surface area contributed by atoms with Crippen LogP contribution in [0.4, 0.5) is 4.79 Å². The van der Waals surface area contributed by atoms with Crippen LogP contribution in [0.1, 0.15) is 29.5 Å². The molecule has 3 rings (SSSR count). The van der Waals surface area contributed by atoms with Crippen molar-refractivity contribution in [2.24, 2.45) is 0 Å². The van der Waals surface area contributed by atoms with Crippen LogP contribution in [0.2, 0.25) is 0 Å². The van der Waals surface area contributed by atoms with Crippen LogP contribution in [0.25, 0.3) is 0 Å². The van der Waals surface area contributed by atoms with Crippen LogP contribution < -0.4 is 29.0 Å². The Morgan fingerprint density at radius 2 is 1.46 bits per heavy atom. The van der Waals surface area contributed by atoms with Crippen molar-refractivity contribution in [2.75, 3.05) is 35.0 Å². The van der Waals surface area contributed by atoms with E-state index in [1.807, 2.05) is 31.2 Å². The SMILES string of the molecule is COc1c(C)c(CCCCOc2ccc(CC3SC(=O)NC3=O)cc2)c(OC)c(OC)c1OC.[NaH]. The van der Waals surface area contributed by atoms with Gasteiger partial charge in [-0.3, -0.25) is 14.9 Å². The van der Waals surface area contributed by atoms with Gasteiger partial charge >= 0.3 is 29.6 Å². The Balaban J connectivity index is 0.00000432. The van der Waals surface area contributed by atoms with Crippen molar-refractivity contribution in [1.82, 2.24) is 5.32 Å². The topological polar surface area (TPSA) is 92.3 Å². The molecule has 0 radical (unpaired) electrons. The molecule has 8 nitrogen and oxygen atoms in total. The molecule has 10 heteroatoms. The van der Waals surface area contributed by atoms with Gasteiger partial charge in [0.25, 0.3) is 5.24 Å². The van der Waals surface area contributed by atoms with Crippen LogP contribution >= 0.6 is 11.8 Å². The van der Waals surface area contributed by atoms with Gasteiger partial charge < -0.3 is 23.7 Å². The summed E-state index contributed by atoms with van der Waals surface area (Å²) in [6.07, 6.45) is 3.02. The van der Waals surface area contributed by atoms with E-state index in [0.29, 0.717) is 36.0 Å². The molecule has 0 saturated carbocycles. The second kappa shape index (κ2) is 13.9. The Morgan fingerprint density at radius 3 is 2.00 bits per heavy atom. The van der Waals surface area contributed by atoms with E-state index in [2.05, 4.69) is 5.32 Å². The van der Waals surface area contributed by atoms with Gasteiger partial charge in [-0.15, -0.1) is 0 Å². The molecule has 35 heavy (non-hydrogen) atoms. The number of nitrogens with one attached hydrogen (secondary N) is 1. The van der Waals surface area contributed by atoms with Crippen molar-refractivity contribution in [2.45, 2.75) is 37.9 Å². The van der Waals surface area contributed by atoms with Gasteiger partial charge in [0, 0.05) is 11.1 Å². The standard InChI is InChI=1S/C25H31NO7S.Na.H/c1-15-18(21(30-3)23(32-5)22(31-4)20(15)29-2)8-6-7-13-33-17-11-9-16(10-12-17)14-19-24(27)26-25(28)34-19;;/h9-12,19H,6-8,13-14H2,1-5H3,(H,26,27,28);;. The van der Waals surface area contributed by atoms with E-state index in [1.165, 1.54) is 0 Å². The number of unbranched alkanes of at least 4 members (excludes halogenated alkanes) is 1. The first-order valence-corrected chi connectivity index (χ1v) is 11.9. The van der Waals surface area contributed by atoms with Gasteiger partial charge in [-0.2, -0.15) is 0 Å². The van der Waals surface area contributed by atoms with Crippen molar-refractivity contribution < 1.29 is 33.3 Å². The second-order valence-corrected chi connectivity index (χ2v) is 8.95. The molecule has 1 aliphatic rings. The van der Waals surface area contributed by atoms with Crippen molar-refractivity contribution in [3.63, 3.8) is 0 Å². The van der Waals surface area contributed by atoms with Crippen LogP contribution in [0.5, 0.6) is 28.7 Å². The average molecular weight is 514 g/mol. The third-order valence-electron chi connectivity index (χ3n) is 5.70. The molecule has 1 saturated heterocycles. The van der Waals surface area contributed by atoms with Gasteiger partial charge in [-0.05, 0) is 50.3 Å². The molecule has 186 valence electrons. The molecule has 1 aliphatic heterocycles. The number of rotatable bonds is 12. The molecule has 0 bridgehead atoms. The maximum atomic E-state index is 11.7. The Hall–Kier alpha value is -2.07. The van der Waals surface area contributed by atoms with Gasteiger partial charge in [0.2, 0.25) is 17.4 Å². The van der Waals surface area contributed by atoms with Gasteiger partial charge in [0.15, 0.2) is 11.5 Å². The summed E-state index contributed by atoms with van der Waals surface area (Å²) >= 11 is 1.04.